The minimum Gasteiger partial charge on any atom is -0.550 e. The van der Waals surface area contributed by atoms with Crippen molar-refractivity contribution in [3.63, 3.8) is 0 Å². The largest absolute Gasteiger partial charge is 2.00 e. The summed E-state index contributed by atoms with van der Waals surface area (Å²) in [6, 6.07) is 0. The molecule has 0 aliphatic carbocycles. The zero-order valence-corrected chi connectivity index (χ0v) is 43.3. The Morgan fingerprint density at radius 2 is 0.333 bits per heavy atom. The summed E-state index contributed by atoms with van der Waals surface area (Å²) < 4.78 is 0. The minimum absolute atomic E-state index is 0. The number of aliphatic carboxylic acids is 2. The van der Waals surface area contributed by atoms with Gasteiger partial charge in [0.05, 0.1) is 0 Å². The molecule has 57 heavy (non-hydrogen) atoms. The Morgan fingerprint density at radius 3 is 0.439 bits per heavy atom. The van der Waals surface area contributed by atoms with Gasteiger partial charge >= 0.3 is 27.3 Å². The molecule has 0 aromatic carbocycles. The van der Waals surface area contributed by atoms with Crippen LogP contribution in [-0.2, 0) is 36.9 Å². The van der Waals surface area contributed by atoms with Crippen molar-refractivity contribution in [1.29, 1.82) is 0 Å². The molecule has 336 valence electrons. The second-order valence-corrected chi connectivity index (χ2v) is 17.8. The first-order valence-corrected chi connectivity index (χ1v) is 25.9. The van der Waals surface area contributed by atoms with Gasteiger partial charge < -0.3 is 19.8 Å². The molecule has 0 radical (unpaired) electrons. The maximum atomic E-state index is 10.3. The third-order valence-corrected chi connectivity index (χ3v) is 12.0. The van der Waals surface area contributed by atoms with Gasteiger partial charge in [-0.15, -0.1) is 0 Å². The fourth-order valence-corrected chi connectivity index (χ4v) is 8.11. The molecule has 4 nitrogen and oxygen atoms in total. The van der Waals surface area contributed by atoms with Crippen LogP contribution < -0.4 is 10.2 Å². The molecule has 0 atom stereocenters. The predicted octanol–water partition coefficient (Wildman–Crippen LogP) is 16.2. The van der Waals surface area contributed by atoms with Crippen molar-refractivity contribution >= 4 is 11.9 Å². The first kappa shape index (κ1) is 61.2. The van der Waals surface area contributed by atoms with E-state index in [4.69, 9.17) is 0 Å². The molecule has 0 heterocycles. The van der Waals surface area contributed by atoms with Gasteiger partial charge in [0.2, 0.25) is 0 Å². The first-order chi connectivity index (χ1) is 27.5. The molecule has 0 aliphatic rings. The average molecular weight is 904 g/mol. The molecule has 0 rings (SSSR count). The van der Waals surface area contributed by atoms with Crippen molar-refractivity contribution in [2.24, 2.45) is 0 Å². The molecular formula is C52H102CdO4. The van der Waals surface area contributed by atoms with Gasteiger partial charge in [-0.25, -0.2) is 0 Å². The van der Waals surface area contributed by atoms with E-state index in [2.05, 4.69) is 13.8 Å². The molecular weight excluding hydrogens is 801 g/mol. The van der Waals surface area contributed by atoms with E-state index >= 15 is 0 Å². The Bertz CT molecular complexity index is 669. The van der Waals surface area contributed by atoms with E-state index in [9.17, 15) is 19.8 Å². The van der Waals surface area contributed by atoms with E-state index in [-0.39, 0.29) is 40.1 Å². The number of unbranched alkanes of at least 4 members (excludes halogenated alkanes) is 44. The van der Waals surface area contributed by atoms with Gasteiger partial charge in [0.1, 0.15) is 0 Å². The SMILES string of the molecule is CCCCCCCCCCCCCCCCCCCCCCCCCC(=O)[O-].CCCCCCCCCCCCCCCCCCCCCCCCCC(=O)[O-].[Cd+2]. The van der Waals surface area contributed by atoms with Crippen molar-refractivity contribution in [3.8, 4) is 0 Å². The molecule has 0 saturated heterocycles. The van der Waals surface area contributed by atoms with Crippen LogP contribution in [0.3, 0.4) is 0 Å². The number of hydrogen-bond donors (Lipinski definition) is 0. The van der Waals surface area contributed by atoms with Gasteiger partial charge in [-0.05, 0) is 25.7 Å². The maximum Gasteiger partial charge on any atom is 2.00 e. The fraction of sp³-hybridized carbons (Fsp3) is 0.962. The third-order valence-electron chi connectivity index (χ3n) is 12.0. The van der Waals surface area contributed by atoms with E-state index in [1.807, 2.05) is 0 Å². The van der Waals surface area contributed by atoms with Crippen LogP contribution in [0, 0.1) is 0 Å². The minimum atomic E-state index is -0.900. The van der Waals surface area contributed by atoms with Gasteiger partial charge in [0.25, 0.3) is 0 Å². The molecule has 0 aromatic heterocycles. The van der Waals surface area contributed by atoms with Gasteiger partial charge in [-0.1, -0.05) is 296 Å². The van der Waals surface area contributed by atoms with Gasteiger partial charge in [0, 0.05) is 11.9 Å². The normalized spacial score (nSPS) is 11.0. The summed E-state index contributed by atoms with van der Waals surface area (Å²) in [5.41, 5.74) is 0. The predicted molar refractivity (Wildman–Crippen MR) is 243 cm³/mol. The molecule has 0 N–H and O–H groups in total. The zero-order chi connectivity index (χ0) is 41.1. The van der Waals surface area contributed by atoms with Crippen molar-refractivity contribution in [2.75, 3.05) is 0 Å². The van der Waals surface area contributed by atoms with E-state index < -0.39 is 11.9 Å². The number of carboxylic acid groups (broad SMARTS) is 2. The first-order valence-electron chi connectivity index (χ1n) is 25.9. The fourth-order valence-electron chi connectivity index (χ4n) is 8.11. The average Bonchev–Trinajstić information content (AvgIpc) is 3.18. The second-order valence-electron chi connectivity index (χ2n) is 17.8. The number of carboxylic acids is 2. The van der Waals surface area contributed by atoms with Crippen LogP contribution in [0.5, 0.6) is 0 Å². The molecule has 0 unspecified atom stereocenters. The van der Waals surface area contributed by atoms with Crippen LogP contribution in [-0.4, -0.2) is 11.9 Å². The summed E-state index contributed by atoms with van der Waals surface area (Å²) in [4.78, 5) is 20.6. The van der Waals surface area contributed by atoms with Crippen molar-refractivity contribution in [2.45, 2.75) is 322 Å². The van der Waals surface area contributed by atoms with Crippen LogP contribution in [0.15, 0.2) is 0 Å². The number of hydrogen-bond acceptors (Lipinski definition) is 4. The van der Waals surface area contributed by atoms with Crippen molar-refractivity contribution in [3.05, 3.63) is 0 Å². The third kappa shape index (κ3) is 65.2. The van der Waals surface area contributed by atoms with Crippen LogP contribution in [0.2, 0.25) is 0 Å². The van der Waals surface area contributed by atoms with Gasteiger partial charge in [-0.3, -0.25) is 0 Å². The molecule has 0 saturated carbocycles. The molecule has 0 amide bonds. The molecule has 0 fully saturated rings. The number of carbonyl (C=O) groups is 2. The number of carbonyl (C=O) groups excluding carboxylic acids is 2. The Kier molecular flexibility index (Phi) is 62.2. The van der Waals surface area contributed by atoms with Crippen LogP contribution in [0.25, 0.3) is 0 Å². The van der Waals surface area contributed by atoms with Crippen molar-refractivity contribution < 1.29 is 47.1 Å². The zero-order valence-electron chi connectivity index (χ0n) is 39.3. The quantitative estimate of drug-likeness (QED) is 0.0450. The van der Waals surface area contributed by atoms with Crippen molar-refractivity contribution in [1.82, 2.24) is 0 Å². The molecule has 0 spiro atoms. The van der Waals surface area contributed by atoms with Gasteiger partial charge in [0.15, 0.2) is 0 Å². The molecule has 5 heteroatoms. The van der Waals surface area contributed by atoms with E-state index in [1.165, 1.54) is 270 Å². The van der Waals surface area contributed by atoms with Crippen LogP contribution >= 0.6 is 0 Å². The van der Waals surface area contributed by atoms with Gasteiger partial charge in [-0.2, -0.15) is 0 Å². The summed E-state index contributed by atoms with van der Waals surface area (Å²) >= 11 is 0. The smallest absolute Gasteiger partial charge is 0.550 e. The maximum absolute atomic E-state index is 10.3. The molecule has 0 aromatic rings. The van der Waals surface area contributed by atoms with E-state index in [0.717, 1.165) is 25.7 Å². The van der Waals surface area contributed by atoms with E-state index in [1.54, 1.807) is 0 Å². The summed E-state index contributed by atoms with van der Waals surface area (Å²) in [5.74, 6) is -1.80. The molecule has 0 aliphatic heterocycles. The monoisotopic (exact) mass is 905 g/mol. The van der Waals surface area contributed by atoms with E-state index in [0.29, 0.717) is 0 Å². The number of rotatable bonds is 48. The topological polar surface area (TPSA) is 80.3 Å². The summed E-state index contributed by atoms with van der Waals surface area (Å²) in [6.45, 7) is 4.58. The Morgan fingerprint density at radius 1 is 0.228 bits per heavy atom. The standard InChI is InChI=1S/2C26H52O2.Cd/c2*1-2-3-4-5-6-7-8-9-10-11-12-13-14-15-16-17-18-19-20-21-22-23-24-25-26(27)28;/h2*2-25H2,1H3,(H,27,28);/q;;+2/p-2. The summed E-state index contributed by atoms with van der Waals surface area (Å²) in [7, 11) is 0. The molecule has 0 bridgehead atoms. The second kappa shape index (κ2) is 58.0. The van der Waals surface area contributed by atoms with Crippen LogP contribution in [0.4, 0.5) is 0 Å². The Hall–Kier alpha value is -0.138. The Labute approximate surface area is 379 Å². The van der Waals surface area contributed by atoms with Crippen LogP contribution in [0.1, 0.15) is 322 Å². The Balaban J connectivity index is -0.00000101. The summed E-state index contributed by atoms with van der Waals surface area (Å²) in [5, 5.41) is 20.6. The summed E-state index contributed by atoms with van der Waals surface area (Å²) in [6.07, 6.45) is 63.3.